The van der Waals surface area contributed by atoms with Crippen molar-refractivity contribution in [3.05, 3.63) is 35.4 Å². The molecule has 6 nitrogen and oxygen atoms in total. The van der Waals surface area contributed by atoms with Crippen LogP contribution >= 0.6 is 0 Å². The van der Waals surface area contributed by atoms with E-state index in [0.29, 0.717) is 17.7 Å². The molecular formula is C12H17NO5S2. The maximum Gasteiger partial charge on any atom is 0.335 e. The molecule has 1 rings (SSSR count). The number of carbonyl (C=O) groups is 1. The fourth-order valence-electron chi connectivity index (χ4n) is 1.57. The molecule has 8 heteroatoms. The molecule has 0 aromatic heterocycles. The maximum atomic E-state index is 11.8. The second-order valence-corrected chi connectivity index (χ2v) is 7.65. The summed E-state index contributed by atoms with van der Waals surface area (Å²) in [4.78, 5) is 10.8. The lowest BCUT2D eigenvalue weighted by Gasteiger charge is -2.07. The summed E-state index contributed by atoms with van der Waals surface area (Å²) in [6.45, 7) is 0.223. The smallest absolute Gasteiger partial charge is 0.335 e. The number of rotatable bonds is 8. The summed E-state index contributed by atoms with van der Waals surface area (Å²) in [5.41, 5.74) is 0.468. The summed E-state index contributed by atoms with van der Waals surface area (Å²) < 4.78 is 36.8. The molecule has 0 aliphatic rings. The van der Waals surface area contributed by atoms with Crippen molar-refractivity contribution in [2.75, 3.05) is 18.6 Å². The lowest BCUT2D eigenvalue weighted by atomic mass is 10.1. The van der Waals surface area contributed by atoms with E-state index < -0.39 is 26.8 Å². The van der Waals surface area contributed by atoms with Crippen LogP contribution in [-0.4, -0.2) is 42.3 Å². The minimum atomic E-state index is -3.52. The van der Waals surface area contributed by atoms with Crippen LogP contribution in [0.3, 0.4) is 0 Å². The Hall–Kier alpha value is -1.25. The van der Waals surface area contributed by atoms with Crippen LogP contribution in [0.5, 0.6) is 0 Å². The summed E-state index contributed by atoms with van der Waals surface area (Å²) in [7, 11) is -4.46. The van der Waals surface area contributed by atoms with Gasteiger partial charge in [-0.3, -0.25) is 4.21 Å². The molecule has 20 heavy (non-hydrogen) atoms. The zero-order chi connectivity index (χ0) is 15.2. The second kappa shape index (κ2) is 7.51. The molecule has 0 aliphatic carbocycles. The molecule has 0 radical (unpaired) electrons. The molecule has 0 saturated heterocycles. The SMILES string of the molecule is CS(=O)CCCNS(=O)(=O)Cc1cccc(C(=O)O)c1. The number of hydrogen-bond donors (Lipinski definition) is 2. The van der Waals surface area contributed by atoms with Gasteiger partial charge in [0.1, 0.15) is 0 Å². The van der Waals surface area contributed by atoms with Crippen molar-refractivity contribution in [1.29, 1.82) is 0 Å². The van der Waals surface area contributed by atoms with Gasteiger partial charge in [-0.05, 0) is 24.1 Å². The number of benzene rings is 1. The van der Waals surface area contributed by atoms with Crippen molar-refractivity contribution < 1.29 is 22.5 Å². The van der Waals surface area contributed by atoms with Gasteiger partial charge in [0, 0.05) is 29.4 Å². The normalized spacial score (nSPS) is 13.1. The number of nitrogens with one attached hydrogen (secondary N) is 1. The highest BCUT2D eigenvalue weighted by atomic mass is 32.2. The van der Waals surface area contributed by atoms with Crippen LogP contribution < -0.4 is 4.72 Å². The summed E-state index contributed by atoms with van der Waals surface area (Å²) in [6.07, 6.45) is 2.06. The highest BCUT2D eigenvalue weighted by molar-refractivity contribution is 7.88. The molecule has 0 heterocycles. The first-order valence-electron chi connectivity index (χ1n) is 5.90. The number of aromatic carboxylic acids is 1. The van der Waals surface area contributed by atoms with E-state index in [1.54, 1.807) is 12.3 Å². The molecule has 0 amide bonds. The van der Waals surface area contributed by atoms with Crippen LogP contribution in [0.25, 0.3) is 0 Å². The standard InChI is InChI=1S/C12H17NO5S2/c1-19(16)7-3-6-13-20(17,18)9-10-4-2-5-11(8-10)12(14)15/h2,4-5,8,13H,3,6-7,9H2,1H3,(H,14,15). The molecule has 0 aliphatic heterocycles. The average molecular weight is 319 g/mol. The Labute approximate surface area is 120 Å². The highest BCUT2D eigenvalue weighted by Gasteiger charge is 2.12. The zero-order valence-electron chi connectivity index (χ0n) is 11.0. The van der Waals surface area contributed by atoms with E-state index in [9.17, 15) is 17.4 Å². The monoisotopic (exact) mass is 319 g/mol. The molecule has 1 aromatic rings. The molecule has 2 N–H and O–H groups in total. The van der Waals surface area contributed by atoms with Gasteiger partial charge in [-0.25, -0.2) is 17.9 Å². The molecule has 1 unspecified atom stereocenters. The lowest BCUT2D eigenvalue weighted by molar-refractivity contribution is 0.0696. The first-order valence-corrected chi connectivity index (χ1v) is 9.28. The van der Waals surface area contributed by atoms with E-state index in [4.69, 9.17) is 5.11 Å². The third-order valence-electron chi connectivity index (χ3n) is 2.46. The molecular weight excluding hydrogens is 302 g/mol. The quantitative estimate of drug-likeness (QED) is 0.682. The predicted octanol–water partition coefficient (Wildman–Crippen LogP) is 0.573. The van der Waals surface area contributed by atoms with E-state index in [1.165, 1.54) is 18.2 Å². The van der Waals surface area contributed by atoms with Crippen LogP contribution in [0.1, 0.15) is 22.3 Å². The van der Waals surface area contributed by atoms with Gasteiger partial charge in [0.15, 0.2) is 0 Å². The minimum absolute atomic E-state index is 0.0547. The van der Waals surface area contributed by atoms with Crippen molar-refractivity contribution in [2.24, 2.45) is 0 Å². The number of hydrogen-bond acceptors (Lipinski definition) is 4. The Morgan fingerprint density at radius 1 is 1.40 bits per heavy atom. The van der Waals surface area contributed by atoms with Crippen molar-refractivity contribution in [3.8, 4) is 0 Å². The van der Waals surface area contributed by atoms with E-state index in [2.05, 4.69) is 4.72 Å². The van der Waals surface area contributed by atoms with Gasteiger partial charge in [0.2, 0.25) is 10.0 Å². The van der Waals surface area contributed by atoms with Crippen molar-refractivity contribution in [2.45, 2.75) is 12.2 Å². The summed E-state index contributed by atoms with van der Waals surface area (Å²) in [6, 6.07) is 5.81. The third-order valence-corrected chi connectivity index (χ3v) is 4.68. The topological polar surface area (TPSA) is 101 Å². The van der Waals surface area contributed by atoms with Crippen LogP contribution in [0.4, 0.5) is 0 Å². The zero-order valence-corrected chi connectivity index (χ0v) is 12.7. The highest BCUT2D eigenvalue weighted by Crippen LogP contribution is 2.08. The summed E-state index contributed by atoms with van der Waals surface area (Å²) >= 11 is 0. The average Bonchev–Trinajstić information content (AvgIpc) is 2.34. The summed E-state index contributed by atoms with van der Waals surface area (Å²) in [5, 5.41) is 8.84. The Morgan fingerprint density at radius 2 is 2.10 bits per heavy atom. The van der Waals surface area contributed by atoms with Gasteiger partial charge in [0.25, 0.3) is 0 Å². The van der Waals surface area contributed by atoms with E-state index in [1.807, 2.05) is 0 Å². The van der Waals surface area contributed by atoms with Gasteiger partial charge >= 0.3 is 5.97 Å². The molecule has 1 aromatic carbocycles. The largest absolute Gasteiger partial charge is 0.478 e. The fraction of sp³-hybridized carbons (Fsp3) is 0.417. The molecule has 0 fully saturated rings. The van der Waals surface area contributed by atoms with Crippen molar-refractivity contribution in [3.63, 3.8) is 0 Å². The second-order valence-electron chi connectivity index (χ2n) is 4.29. The Morgan fingerprint density at radius 3 is 2.70 bits per heavy atom. The fourth-order valence-corrected chi connectivity index (χ4v) is 3.29. The predicted molar refractivity (Wildman–Crippen MR) is 77.6 cm³/mol. The van der Waals surface area contributed by atoms with Crippen molar-refractivity contribution in [1.82, 2.24) is 4.72 Å². The number of carboxylic acids is 1. The molecule has 112 valence electrons. The Kier molecular flexibility index (Phi) is 6.31. The first kappa shape index (κ1) is 16.8. The third kappa shape index (κ3) is 6.27. The van der Waals surface area contributed by atoms with E-state index >= 15 is 0 Å². The van der Waals surface area contributed by atoms with Crippen molar-refractivity contribution >= 4 is 26.8 Å². The van der Waals surface area contributed by atoms with E-state index in [-0.39, 0.29) is 17.9 Å². The van der Waals surface area contributed by atoms with Gasteiger partial charge in [-0.1, -0.05) is 12.1 Å². The van der Waals surface area contributed by atoms with Crippen LogP contribution in [0.2, 0.25) is 0 Å². The van der Waals surface area contributed by atoms with Crippen LogP contribution in [0, 0.1) is 0 Å². The number of carboxylic acid groups (broad SMARTS) is 1. The Bertz CT molecular complexity index is 598. The summed E-state index contributed by atoms with van der Waals surface area (Å²) in [5.74, 6) is -0.928. The van der Waals surface area contributed by atoms with Gasteiger partial charge in [-0.15, -0.1) is 0 Å². The van der Waals surface area contributed by atoms with Crippen LogP contribution in [0.15, 0.2) is 24.3 Å². The van der Waals surface area contributed by atoms with Crippen LogP contribution in [-0.2, 0) is 26.6 Å². The lowest BCUT2D eigenvalue weighted by Crippen LogP contribution is -2.27. The van der Waals surface area contributed by atoms with E-state index in [0.717, 1.165) is 0 Å². The molecule has 0 spiro atoms. The molecule has 0 bridgehead atoms. The molecule has 0 saturated carbocycles. The first-order chi connectivity index (χ1) is 9.30. The number of sulfonamides is 1. The minimum Gasteiger partial charge on any atom is -0.478 e. The van der Waals surface area contributed by atoms with Gasteiger partial charge in [0.05, 0.1) is 11.3 Å². The Balaban J connectivity index is 2.60. The molecule has 1 atom stereocenters. The van der Waals surface area contributed by atoms with Gasteiger partial charge < -0.3 is 5.11 Å². The van der Waals surface area contributed by atoms with Gasteiger partial charge in [-0.2, -0.15) is 0 Å². The maximum absolute atomic E-state index is 11.8.